The van der Waals surface area contributed by atoms with Gasteiger partial charge in [0.1, 0.15) is 11.6 Å². The highest BCUT2D eigenvalue weighted by molar-refractivity contribution is 5.19. The number of hydrogen-bond acceptors (Lipinski definition) is 1. The van der Waals surface area contributed by atoms with Crippen LogP contribution in [0.4, 0.5) is 8.78 Å². The summed E-state index contributed by atoms with van der Waals surface area (Å²) in [5.74, 6) is -0.824. The lowest BCUT2D eigenvalue weighted by Crippen LogP contribution is -1.99. The zero-order valence-electron chi connectivity index (χ0n) is 10.5. The van der Waals surface area contributed by atoms with Crippen LogP contribution in [0, 0.1) is 11.6 Å². The lowest BCUT2D eigenvalue weighted by Gasteiger charge is -2.11. The molecule has 0 aliphatic heterocycles. The molecule has 0 bridgehead atoms. The van der Waals surface area contributed by atoms with Gasteiger partial charge < -0.3 is 5.11 Å². The number of halogens is 2. The van der Waals surface area contributed by atoms with E-state index in [9.17, 15) is 13.9 Å². The fourth-order valence-electron chi connectivity index (χ4n) is 2.06. The third-order valence-corrected chi connectivity index (χ3v) is 3.12. The second kappa shape index (κ2) is 6.43. The standard InChI is InChI=1S/C16H16F2O/c17-14-9-10-15(18)13(11-14)7-4-8-16(19)12-5-2-1-3-6-12/h1-3,5-6,9-11,16,19H,4,7-8H2. The molecular formula is C16H16F2O. The first-order valence-corrected chi connectivity index (χ1v) is 6.34. The lowest BCUT2D eigenvalue weighted by atomic mass is 10.0. The molecule has 1 nitrogen and oxygen atoms in total. The van der Waals surface area contributed by atoms with Crippen LogP contribution in [0.25, 0.3) is 0 Å². The van der Waals surface area contributed by atoms with Crippen LogP contribution in [0.5, 0.6) is 0 Å². The van der Waals surface area contributed by atoms with Gasteiger partial charge in [-0.2, -0.15) is 0 Å². The number of benzene rings is 2. The predicted octanol–water partition coefficient (Wildman–Crippen LogP) is 4.02. The summed E-state index contributed by atoms with van der Waals surface area (Å²) < 4.78 is 26.4. The number of aryl methyl sites for hydroxylation is 1. The van der Waals surface area contributed by atoms with Crippen molar-refractivity contribution in [2.45, 2.75) is 25.4 Å². The molecule has 0 saturated carbocycles. The molecule has 0 saturated heterocycles. The SMILES string of the molecule is OC(CCCc1cc(F)ccc1F)c1ccccc1. The molecule has 100 valence electrons. The average molecular weight is 262 g/mol. The van der Waals surface area contributed by atoms with Crippen molar-refractivity contribution in [3.8, 4) is 0 Å². The fourth-order valence-corrected chi connectivity index (χ4v) is 2.06. The zero-order valence-corrected chi connectivity index (χ0v) is 10.5. The van der Waals surface area contributed by atoms with Crippen molar-refractivity contribution >= 4 is 0 Å². The Labute approximate surface area is 111 Å². The normalized spacial score (nSPS) is 12.4. The van der Waals surface area contributed by atoms with Crippen LogP contribution in [0.1, 0.15) is 30.1 Å². The molecule has 0 heterocycles. The summed E-state index contributed by atoms with van der Waals surface area (Å²) in [5.41, 5.74) is 1.21. The number of rotatable bonds is 5. The van der Waals surface area contributed by atoms with Crippen molar-refractivity contribution in [2.24, 2.45) is 0 Å². The van der Waals surface area contributed by atoms with E-state index >= 15 is 0 Å². The molecule has 1 atom stereocenters. The maximum absolute atomic E-state index is 13.4. The van der Waals surface area contributed by atoms with Crippen molar-refractivity contribution in [1.82, 2.24) is 0 Å². The molecule has 2 rings (SSSR count). The van der Waals surface area contributed by atoms with Crippen LogP contribution < -0.4 is 0 Å². The van der Waals surface area contributed by atoms with Crippen molar-refractivity contribution in [3.63, 3.8) is 0 Å². The summed E-state index contributed by atoms with van der Waals surface area (Å²) in [6.07, 6.45) is 1.00. The lowest BCUT2D eigenvalue weighted by molar-refractivity contribution is 0.164. The predicted molar refractivity (Wildman–Crippen MR) is 70.7 cm³/mol. The highest BCUT2D eigenvalue weighted by atomic mass is 19.1. The van der Waals surface area contributed by atoms with E-state index in [0.29, 0.717) is 24.8 Å². The molecule has 19 heavy (non-hydrogen) atoms. The Morgan fingerprint density at radius 1 is 1.00 bits per heavy atom. The third-order valence-electron chi connectivity index (χ3n) is 3.12. The topological polar surface area (TPSA) is 20.2 Å². The molecule has 0 spiro atoms. The first kappa shape index (κ1) is 13.7. The average Bonchev–Trinajstić information content (AvgIpc) is 2.43. The second-order valence-electron chi connectivity index (χ2n) is 4.55. The van der Waals surface area contributed by atoms with Gasteiger partial charge in [0.15, 0.2) is 0 Å². The van der Waals surface area contributed by atoms with Crippen molar-refractivity contribution in [1.29, 1.82) is 0 Å². The minimum Gasteiger partial charge on any atom is -0.388 e. The molecular weight excluding hydrogens is 246 g/mol. The first-order valence-electron chi connectivity index (χ1n) is 6.34. The van der Waals surface area contributed by atoms with Gasteiger partial charge in [0, 0.05) is 0 Å². The highest BCUT2D eigenvalue weighted by Crippen LogP contribution is 2.20. The Hall–Kier alpha value is -1.74. The van der Waals surface area contributed by atoms with E-state index in [1.165, 1.54) is 6.07 Å². The van der Waals surface area contributed by atoms with Gasteiger partial charge in [-0.1, -0.05) is 30.3 Å². The van der Waals surface area contributed by atoms with E-state index in [1.807, 2.05) is 30.3 Å². The van der Waals surface area contributed by atoms with E-state index in [1.54, 1.807) is 0 Å². The van der Waals surface area contributed by atoms with E-state index in [-0.39, 0.29) is 0 Å². The second-order valence-corrected chi connectivity index (χ2v) is 4.55. The molecule has 1 unspecified atom stereocenters. The Morgan fingerprint density at radius 2 is 1.74 bits per heavy atom. The summed E-state index contributed by atoms with van der Waals surface area (Å²) in [4.78, 5) is 0. The van der Waals surface area contributed by atoms with Crippen molar-refractivity contribution in [2.75, 3.05) is 0 Å². The molecule has 1 N–H and O–H groups in total. The van der Waals surface area contributed by atoms with Gasteiger partial charge in [-0.25, -0.2) is 8.78 Å². The number of aliphatic hydroxyl groups is 1. The summed E-state index contributed by atoms with van der Waals surface area (Å²) in [6.45, 7) is 0. The Morgan fingerprint density at radius 3 is 2.47 bits per heavy atom. The number of hydrogen-bond donors (Lipinski definition) is 1. The van der Waals surface area contributed by atoms with Gasteiger partial charge in [-0.15, -0.1) is 0 Å². The van der Waals surface area contributed by atoms with Crippen LogP contribution >= 0.6 is 0 Å². The quantitative estimate of drug-likeness (QED) is 0.862. The van der Waals surface area contributed by atoms with Crippen molar-refractivity contribution in [3.05, 3.63) is 71.3 Å². The molecule has 0 aromatic heterocycles. The highest BCUT2D eigenvalue weighted by Gasteiger charge is 2.08. The molecule has 0 aliphatic rings. The Bertz CT molecular complexity index is 526. The zero-order chi connectivity index (χ0) is 13.7. The largest absolute Gasteiger partial charge is 0.388 e. The van der Waals surface area contributed by atoms with Crippen LogP contribution in [-0.4, -0.2) is 5.11 Å². The van der Waals surface area contributed by atoms with Crippen LogP contribution in [-0.2, 0) is 6.42 Å². The Kier molecular flexibility index (Phi) is 4.63. The van der Waals surface area contributed by atoms with Crippen molar-refractivity contribution < 1.29 is 13.9 Å². The van der Waals surface area contributed by atoms with Gasteiger partial charge in [-0.05, 0) is 48.6 Å². The molecule has 2 aromatic carbocycles. The van der Waals surface area contributed by atoms with Crippen LogP contribution in [0.3, 0.4) is 0 Å². The summed E-state index contributed by atoms with van der Waals surface area (Å²) in [7, 11) is 0. The molecule has 0 amide bonds. The molecule has 0 aliphatic carbocycles. The minimum absolute atomic E-state index is 0.361. The molecule has 2 aromatic rings. The maximum atomic E-state index is 13.4. The first-order chi connectivity index (χ1) is 9.16. The molecule has 0 fully saturated rings. The van der Waals surface area contributed by atoms with E-state index in [2.05, 4.69) is 0 Å². The van der Waals surface area contributed by atoms with E-state index < -0.39 is 17.7 Å². The van der Waals surface area contributed by atoms with Gasteiger partial charge in [0.05, 0.1) is 6.10 Å². The maximum Gasteiger partial charge on any atom is 0.126 e. The Balaban J connectivity index is 1.88. The van der Waals surface area contributed by atoms with Gasteiger partial charge >= 0.3 is 0 Å². The van der Waals surface area contributed by atoms with Crippen LogP contribution in [0.2, 0.25) is 0 Å². The van der Waals surface area contributed by atoms with Gasteiger partial charge in [0.2, 0.25) is 0 Å². The summed E-state index contributed by atoms with van der Waals surface area (Å²) >= 11 is 0. The third kappa shape index (κ3) is 3.86. The summed E-state index contributed by atoms with van der Waals surface area (Å²) in [5, 5.41) is 9.95. The smallest absolute Gasteiger partial charge is 0.126 e. The van der Waals surface area contributed by atoms with Gasteiger partial charge in [0.25, 0.3) is 0 Å². The molecule has 3 heteroatoms. The monoisotopic (exact) mass is 262 g/mol. The number of aliphatic hydroxyl groups excluding tert-OH is 1. The molecule has 0 radical (unpaired) electrons. The fraction of sp³-hybridized carbons (Fsp3) is 0.250. The summed E-state index contributed by atoms with van der Waals surface area (Å²) in [6, 6.07) is 12.8. The minimum atomic E-state index is -0.558. The van der Waals surface area contributed by atoms with E-state index in [0.717, 1.165) is 17.7 Å². The van der Waals surface area contributed by atoms with Gasteiger partial charge in [-0.3, -0.25) is 0 Å². The van der Waals surface area contributed by atoms with Crippen LogP contribution in [0.15, 0.2) is 48.5 Å². The van der Waals surface area contributed by atoms with E-state index in [4.69, 9.17) is 0 Å².